The van der Waals surface area contributed by atoms with Gasteiger partial charge in [0, 0.05) is 50.2 Å². The molecule has 0 radical (unpaired) electrons. The Hall–Kier alpha value is -1.62. The first-order chi connectivity index (χ1) is 11.3. The molecule has 0 aliphatic carbocycles. The molecular weight excluding hydrogens is 288 g/mol. The minimum atomic E-state index is 0.175. The third-order valence-electron chi connectivity index (χ3n) is 5.07. The van der Waals surface area contributed by atoms with Crippen molar-refractivity contribution in [3.8, 4) is 0 Å². The molecule has 5 nitrogen and oxygen atoms in total. The number of nitrogens with one attached hydrogen (secondary N) is 1. The number of rotatable bonds is 5. The number of nitrogens with zero attached hydrogens (tertiary/aromatic N) is 3. The molecule has 1 N–H and O–H groups in total. The number of likely N-dealkylation sites (tertiary alicyclic amines) is 1. The molecule has 0 bridgehead atoms. The van der Waals surface area contributed by atoms with Crippen molar-refractivity contribution >= 4 is 11.6 Å². The summed E-state index contributed by atoms with van der Waals surface area (Å²) in [6, 6.07) is 4.08. The molecule has 5 heteroatoms. The average molecular weight is 316 g/mol. The lowest BCUT2D eigenvalue weighted by Gasteiger charge is -2.33. The Bertz CT molecular complexity index is 479. The minimum Gasteiger partial charge on any atom is -0.371 e. The Morgan fingerprint density at radius 2 is 1.78 bits per heavy atom. The highest BCUT2D eigenvalue weighted by atomic mass is 16.1. The molecule has 0 spiro atoms. The van der Waals surface area contributed by atoms with E-state index >= 15 is 0 Å². The average Bonchev–Trinajstić information content (AvgIpc) is 2.63. The van der Waals surface area contributed by atoms with Crippen LogP contribution in [0.1, 0.15) is 32.1 Å². The SMILES string of the molecule is O=C(NCCN1CCCCC1)C1CCN(c2ccncc2)CC1. The second-order valence-corrected chi connectivity index (χ2v) is 6.66. The lowest BCUT2D eigenvalue weighted by atomic mass is 9.95. The standard InChI is InChI=1S/C18H28N4O/c23-18(20-10-15-21-11-2-1-3-12-21)16-6-13-22(14-7-16)17-4-8-19-9-5-17/h4-5,8-9,16H,1-3,6-7,10-15H2,(H,20,23). The van der Waals surface area contributed by atoms with Crippen molar-refractivity contribution in [2.24, 2.45) is 5.92 Å². The maximum atomic E-state index is 12.3. The molecule has 3 rings (SSSR count). The van der Waals surface area contributed by atoms with Crippen LogP contribution in [0.2, 0.25) is 0 Å². The number of piperidine rings is 2. The van der Waals surface area contributed by atoms with Crippen LogP contribution >= 0.6 is 0 Å². The molecule has 23 heavy (non-hydrogen) atoms. The normalized spacial score (nSPS) is 20.4. The Balaban J connectivity index is 1.36. The zero-order chi connectivity index (χ0) is 15.9. The van der Waals surface area contributed by atoms with Crippen molar-refractivity contribution in [2.75, 3.05) is 44.2 Å². The first-order valence-electron chi connectivity index (χ1n) is 8.98. The quantitative estimate of drug-likeness (QED) is 0.901. The predicted molar refractivity (Wildman–Crippen MR) is 92.5 cm³/mol. The second-order valence-electron chi connectivity index (χ2n) is 6.66. The Morgan fingerprint density at radius 1 is 1.09 bits per heavy atom. The lowest BCUT2D eigenvalue weighted by Crippen LogP contribution is -2.43. The van der Waals surface area contributed by atoms with Crippen LogP contribution < -0.4 is 10.2 Å². The van der Waals surface area contributed by atoms with Gasteiger partial charge in [-0.05, 0) is 50.9 Å². The number of hydrogen-bond acceptors (Lipinski definition) is 4. The van der Waals surface area contributed by atoms with Gasteiger partial charge >= 0.3 is 0 Å². The zero-order valence-electron chi connectivity index (χ0n) is 13.9. The fourth-order valence-corrected chi connectivity index (χ4v) is 3.62. The van der Waals surface area contributed by atoms with Gasteiger partial charge in [0.15, 0.2) is 0 Å². The van der Waals surface area contributed by atoms with E-state index in [2.05, 4.69) is 20.1 Å². The predicted octanol–water partition coefficient (Wildman–Crippen LogP) is 1.90. The van der Waals surface area contributed by atoms with E-state index in [1.54, 1.807) is 0 Å². The highest BCUT2D eigenvalue weighted by Crippen LogP contribution is 2.22. The van der Waals surface area contributed by atoms with Gasteiger partial charge in [-0.3, -0.25) is 9.78 Å². The molecule has 1 aromatic heterocycles. The topological polar surface area (TPSA) is 48.5 Å². The largest absolute Gasteiger partial charge is 0.371 e. The van der Waals surface area contributed by atoms with Gasteiger partial charge in [0.1, 0.15) is 0 Å². The van der Waals surface area contributed by atoms with Crippen molar-refractivity contribution in [3.63, 3.8) is 0 Å². The molecule has 2 aliphatic rings. The van der Waals surface area contributed by atoms with E-state index in [0.717, 1.165) is 39.0 Å². The van der Waals surface area contributed by atoms with Crippen LogP contribution in [0.15, 0.2) is 24.5 Å². The third-order valence-corrected chi connectivity index (χ3v) is 5.07. The molecule has 126 valence electrons. The molecule has 0 atom stereocenters. The molecule has 2 aliphatic heterocycles. The van der Waals surface area contributed by atoms with E-state index in [4.69, 9.17) is 0 Å². The Morgan fingerprint density at radius 3 is 2.48 bits per heavy atom. The summed E-state index contributed by atoms with van der Waals surface area (Å²) in [6.45, 7) is 6.09. The van der Waals surface area contributed by atoms with E-state index in [1.807, 2.05) is 24.5 Å². The van der Waals surface area contributed by atoms with E-state index in [9.17, 15) is 4.79 Å². The Labute approximate surface area is 139 Å². The highest BCUT2D eigenvalue weighted by molar-refractivity contribution is 5.79. The smallest absolute Gasteiger partial charge is 0.223 e. The number of anilines is 1. The summed E-state index contributed by atoms with van der Waals surface area (Å²) in [4.78, 5) is 21.2. The van der Waals surface area contributed by atoms with Gasteiger partial charge in [-0.15, -0.1) is 0 Å². The van der Waals surface area contributed by atoms with Gasteiger partial charge in [0.25, 0.3) is 0 Å². The molecule has 3 heterocycles. The fraction of sp³-hybridized carbons (Fsp3) is 0.667. The van der Waals surface area contributed by atoms with Crippen LogP contribution in [0.25, 0.3) is 0 Å². The van der Waals surface area contributed by atoms with Crippen LogP contribution in [0, 0.1) is 5.92 Å². The van der Waals surface area contributed by atoms with Crippen LogP contribution in [0.5, 0.6) is 0 Å². The molecule has 2 saturated heterocycles. The first-order valence-corrected chi connectivity index (χ1v) is 8.98. The number of amides is 1. The van der Waals surface area contributed by atoms with Gasteiger partial charge in [-0.1, -0.05) is 6.42 Å². The third kappa shape index (κ3) is 4.67. The zero-order valence-corrected chi connectivity index (χ0v) is 13.9. The summed E-state index contributed by atoms with van der Waals surface area (Å²) in [5.41, 5.74) is 1.21. The second kappa shape index (κ2) is 8.29. The summed E-state index contributed by atoms with van der Waals surface area (Å²) in [5, 5.41) is 3.15. The number of aromatic nitrogens is 1. The number of carbonyl (C=O) groups is 1. The summed E-state index contributed by atoms with van der Waals surface area (Å²) in [5.74, 6) is 0.422. The van der Waals surface area contributed by atoms with Crippen molar-refractivity contribution in [1.82, 2.24) is 15.2 Å². The summed E-state index contributed by atoms with van der Waals surface area (Å²) in [7, 11) is 0. The molecule has 0 saturated carbocycles. The molecule has 0 aromatic carbocycles. The van der Waals surface area contributed by atoms with Gasteiger partial charge in [0.2, 0.25) is 5.91 Å². The molecular formula is C18H28N4O. The first kappa shape index (κ1) is 16.2. The summed E-state index contributed by atoms with van der Waals surface area (Å²) < 4.78 is 0. The molecule has 1 amide bonds. The van der Waals surface area contributed by atoms with E-state index in [0.29, 0.717) is 0 Å². The van der Waals surface area contributed by atoms with Crippen molar-refractivity contribution in [3.05, 3.63) is 24.5 Å². The highest BCUT2D eigenvalue weighted by Gasteiger charge is 2.25. The summed E-state index contributed by atoms with van der Waals surface area (Å²) >= 11 is 0. The van der Waals surface area contributed by atoms with E-state index in [-0.39, 0.29) is 11.8 Å². The molecule has 2 fully saturated rings. The van der Waals surface area contributed by atoms with Gasteiger partial charge < -0.3 is 15.1 Å². The van der Waals surface area contributed by atoms with Crippen LogP contribution in [0.3, 0.4) is 0 Å². The maximum Gasteiger partial charge on any atom is 0.223 e. The minimum absolute atomic E-state index is 0.175. The fourth-order valence-electron chi connectivity index (χ4n) is 3.62. The monoisotopic (exact) mass is 316 g/mol. The maximum absolute atomic E-state index is 12.3. The van der Waals surface area contributed by atoms with Gasteiger partial charge in [0.05, 0.1) is 0 Å². The number of carbonyl (C=O) groups excluding carboxylic acids is 1. The molecule has 0 unspecified atom stereocenters. The van der Waals surface area contributed by atoms with E-state index in [1.165, 1.54) is 38.0 Å². The lowest BCUT2D eigenvalue weighted by molar-refractivity contribution is -0.125. The van der Waals surface area contributed by atoms with Crippen LogP contribution in [0.4, 0.5) is 5.69 Å². The van der Waals surface area contributed by atoms with E-state index < -0.39 is 0 Å². The summed E-state index contributed by atoms with van der Waals surface area (Å²) in [6.07, 6.45) is 9.51. The van der Waals surface area contributed by atoms with Gasteiger partial charge in [-0.2, -0.15) is 0 Å². The number of hydrogen-bond donors (Lipinski definition) is 1. The molecule has 1 aromatic rings. The van der Waals surface area contributed by atoms with Crippen molar-refractivity contribution < 1.29 is 4.79 Å². The van der Waals surface area contributed by atoms with Crippen molar-refractivity contribution in [1.29, 1.82) is 0 Å². The Kier molecular flexibility index (Phi) is 5.86. The van der Waals surface area contributed by atoms with Crippen LogP contribution in [-0.4, -0.2) is 55.1 Å². The number of pyridine rings is 1. The van der Waals surface area contributed by atoms with Gasteiger partial charge in [-0.25, -0.2) is 0 Å². The van der Waals surface area contributed by atoms with Crippen molar-refractivity contribution in [2.45, 2.75) is 32.1 Å². The van der Waals surface area contributed by atoms with Crippen LogP contribution in [-0.2, 0) is 4.79 Å².